The van der Waals surface area contributed by atoms with Crippen molar-refractivity contribution in [1.29, 1.82) is 0 Å². The Kier molecular flexibility index (Phi) is 3.35. The number of aromatic nitrogens is 2. The maximum absolute atomic E-state index is 13.3. The first-order valence-corrected chi connectivity index (χ1v) is 8.75. The highest BCUT2D eigenvalue weighted by molar-refractivity contribution is 5.95. The van der Waals surface area contributed by atoms with E-state index in [9.17, 15) is 4.79 Å². The van der Waals surface area contributed by atoms with Gasteiger partial charge in [0.05, 0.1) is 11.4 Å². The van der Waals surface area contributed by atoms with Gasteiger partial charge in [0.2, 0.25) is 0 Å². The molecule has 0 saturated heterocycles. The van der Waals surface area contributed by atoms with Crippen LogP contribution in [0.2, 0.25) is 0 Å². The van der Waals surface area contributed by atoms with Gasteiger partial charge in [0.25, 0.3) is 5.56 Å². The molecule has 0 saturated carbocycles. The van der Waals surface area contributed by atoms with E-state index in [0.717, 1.165) is 41.0 Å². The lowest BCUT2D eigenvalue weighted by Crippen LogP contribution is -2.23. The van der Waals surface area contributed by atoms with Crippen LogP contribution in [-0.2, 0) is 6.42 Å². The molecule has 1 aliphatic heterocycles. The zero-order valence-corrected chi connectivity index (χ0v) is 14.2. The van der Waals surface area contributed by atoms with Crippen LogP contribution in [0.15, 0.2) is 83.8 Å². The molecule has 126 valence electrons. The summed E-state index contributed by atoms with van der Waals surface area (Å²) in [6, 6.07) is 24.0. The van der Waals surface area contributed by atoms with Gasteiger partial charge in [-0.25, -0.2) is 4.98 Å². The van der Waals surface area contributed by atoms with Crippen LogP contribution in [0, 0.1) is 0 Å². The molecule has 0 N–H and O–H groups in total. The second kappa shape index (κ2) is 5.85. The summed E-state index contributed by atoms with van der Waals surface area (Å²) in [5, 5.41) is 1.01. The maximum atomic E-state index is 13.3. The smallest absolute Gasteiger partial charge is 0.262 e. The number of hydrogen-bond acceptors (Lipinski definition) is 3. The van der Waals surface area contributed by atoms with E-state index in [4.69, 9.17) is 0 Å². The number of nitrogens with zero attached hydrogens (tertiary/aromatic N) is 3. The predicted octanol–water partition coefficient (Wildman–Crippen LogP) is 4.08. The van der Waals surface area contributed by atoms with Gasteiger partial charge in [-0.3, -0.25) is 9.36 Å². The van der Waals surface area contributed by atoms with Crippen LogP contribution in [0.25, 0.3) is 16.7 Å². The van der Waals surface area contributed by atoms with Crippen LogP contribution in [0.5, 0.6) is 0 Å². The van der Waals surface area contributed by atoms with Crippen molar-refractivity contribution in [3.05, 3.63) is 94.9 Å². The summed E-state index contributed by atoms with van der Waals surface area (Å²) in [7, 11) is 0. The number of rotatable bonds is 2. The van der Waals surface area contributed by atoms with Crippen molar-refractivity contribution in [1.82, 2.24) is 9.55 Å². The minimum atomic E-state index is 0.0239. The van der Waals surface area contributed by atoms with E-state index >= 15 is 0 Å². The second-order valence-electron chi connectivity index (χ2n) is 6.42. The topological polar surface area (TPSA) is 38.1 Å². The summed E-state index contributed by atoms with van der Waals surface area (Å²) in [6.45, 7) is 0.803. The zero-order chi connectivity index (χ0) is 17.5. The van der Waals surface area contributed by atoms with Crippen molar-refractivity contribution in [3.63, 3.8) is 0 Å². The third-order valence-electron chi connectivity index (χ3n) is 4.94. The Morgan fingerprint density at radius 3 is 2.23 bits per heavy atom. The third kappa shape index (κ3) is 2.15. The Hall–Kier alpha value is -3.40. The van der Waals surface area contributed by atoms with E-state index in [2.05, 4.69) is 28.1 Å². The average Bonchev–Trinajstić information content (AvgIpc) is 3.16. The fraction of sp³-hybridized carbons (Fsp3) is 0.0909. The normalized spacial score (nSPS) is 13.2. The molecule has 0 spiro atoms. The highest BCUT2D eigenvalue weighted by Gasteiger charge is 2.28. The fourth-order valence-electron chi connectivity index (χ4n) is 3.81. The standard InChI is InChI=1S/C22H17N3O/c26-22-19-13-15-24(16-8-3-1-4-9-16)20(19)18-12-7-14-23-21(18)25(22)17-10-5-2-6-11-17/h1-12,14H,13,15H2. The van der Waals surface area contributed by atoms with E-state index in [1.54, 1.807) is 10.8 Å². The summed E-state index contributed by atoms with van der Waals surface area (Å²) in [5.41, 5.74) is 4.53. The van der Waals surface area contributed by atoms with Crippen LogP contribution < -0.4 is 10.5 Å². The van der Waals surface area contributed by atoms with Gasteiger partial charge in [-0.15, -0.1) is 0 Å². The SMILES string of the molecule is O=c1c2c(c3cccnc3n1-c1ccccc1)N(c1ccccc1)CC2. The van der Waals surface area contributed by atoms with E-state index in [1.165, 1.54) is 0 Å². The molecule has 5 rings (SSSR count). The summed E-state index contributed by atoms with van der Waals surface area (Å²) in [6.07, 6.45) is 2.48. The Labute approximate surface area is 151 Å². The van der Waals surface area contributed by atoms with Gasteiger partial charge in [0.1, 0.15) is 5.65 Å². The monoisotopic (exact) mass is 339 g/mol. The summed E-state index contributed by atoms with van der Waals surface area (Å²) >= 11 is 0. The average molecular weight is 339 g/mol. The van der Waals surface area contributed by atoms with Crippen molar-refractivity contribution >= 4 is 22.4 Å². The molecule has 0 radical (unpaired) electrons. The quantitative estimate of drug-likeness (QED) is 0.552. The Morgan fingerprint density at radius 1 is 0.808 bits per heavy atom. The number of benzene rings is 2. The lowest BCUT2D eigenvalue weighted by molar-refractivity contribution is 0.959. The molecule has 4 heteroatoms. The van der Waals surface area contributed by atoms with Gasteiger partial charge in [-0.1, -0.05) is 36.4 Å². The Bertz CT molecular complexity index is 1150. The molecule has 4 nitrogen and oxygen atoms in total. The highest BCUT2D eigenvalue weighted by Crippen LogP contribution is 2.38. The van der Waals surface area contributed by atoms with Gasteiger partial charge in [-0.2, -0.15) is 0 Å². The first kappa shape index (κ1) is 14.9. The zero-order valence-electron chi connectivity index (χ0n) is 14.2. The van der Waals surface area contributed by atoms with E-state index in [0.29, 0.717) is 5.65 Å². The lowest BCUT2D eigenvalue weighted by atomic mass is 10.1. The summed E-state index contributed by atoms with van der Waals surface area (Å²) < 4.78 is 1.74. The molecule has 2 aromatic heterocycles. The first-order valence-electron chi connectivity index (χ1n) is 8.75. The highest BCUT2D eigenvalue weighted by atomic mass is 16.1. The lowest BCUT2D eigenvalue weighted by Gasteiger charge is -2.22. The van der Waals surface area contributed by atoms with Crippen LogP contribution in [0.3, 0.4) is 0 Å². The molecule has 0 unspecified atom stereocenters. The predicted molar refractivity (Wildman–Crippen MR) is 104 cm³/mol. The van der Waals surface area contributed by atoms with Crippen LogP contribution in [0.4, 0.5) is 11.4 Å². The number of fused-ring (bicyclic) bond motifs is 3. The molecule has 1 aliphatic rings. The van der Waals surface area contributed by atoms with Gasteiger partial charge < -0.3 is 4.90 Å². The van der Waals surface area contributed by atoms with E-state index < -0.39 is 0 Å². The molecule has 4 aromatic rings. The van der Waals surface area contributed by atoms with Gasteiger partial charge in [0.15, 0.2) is 0 Å². The van der Waals surface area contributed by atoms with Crippen molar-refractivity contribution < 1.29 is 0 Å². The molecule has 26 heavy (non-hydrogen) atoms. The number of pyridine rings is 2. The van der Waals surface area contributed by atoms with Crippen LogP contribution in [0.1, 0.15) is 5.56 Å². The number of para-hydroxylation sites is 2. The minimum absolute atomic E-state index is 0.0239. The van der Waals surface area contributed by atoms with Crippen molar-refractivity contribution in [2.45, 2.75) is 6.42 Å². The molecule has 0 bridgehead atoms. The molecule has 0 atom stereocenters. The largest absolute Gasteiger partial charge is 0.340 e. The van der Waals surface area contributed by atoms with Crippen LogP contribution >= 0.6 is 0 Å². The third-order valence-corrected chi connectivity index (χ3v) is 4.94. The Morgan fingerprint density at radius 2 is 1.50 bits per heavy atom. The molecular formula is C22H17N3O. The van der Waals surface area contributed by atoms with E-state index in [1.807, 2.05) is 54.6 Å². The van der Waals surface area contributed by atoms with Gasteiger partial charge in [-0.05, 0) is 42.8 Å². The van der Waals surface area contributed by atoms with Crippen molar-refractivity contribution in [3.8, 4) is 5.69 Å². The van der Waals surface area contributed by atoms with E-state index in [-0.39, 0.29) is 5.56 Å². The fourth-order valence-corrected chi connectivity index (χ4v) is 3.81. The minimum Gasteiger partial charge on any atom is -0.340 e. The molecule has 3 heterocycles. The molecular weight excluding hydrogens is 322 g/mol. The molecule has 2 aromatic carbocycles. The molecule has 0 fully saturated rings. The number of anilines is 2. The summed E-state index contributed by atoms with van der Waals surface area (Å²) in [5.74, 6) is 0. The number of hydrogen-bond donors (Lipinski definition) is 0. The van der Waals surface area contributed by atoms with Crippen molar-refractivity contribution in [2.75, 3.05) is 11.4 Å². The molecule has 0 aliphatic carbocycles. The van der Waals surface area contributed by atoms with Gasteiger partial charge >= 0.3 is 0 Å². The van der Waals surface area contributed by atoms with Crippen molar-refractivity contribution in [2.24, 2.45) is 0 Å². The van der Waals surface area contributed by atoms with Gasteiger partial charge in [0, 0.05) is 29.4 Å². The van der Waals surface area contributed by atoms with Crippen LogP contribution in [-0.4, -0.2) is 16.1 Å². The summed E-state index contributed by atoms with van der Waals surface area (Å²) in [4.78, 5) is 20.1. The second-order valence-corrected chi connectivity index (χ2v) is 6.42. The molecule has 0 amide bonds. The Balaban J connectivity index is 1.85. The first-order chi connectivity index (χ1) is 12.8. The maximum Gasteiger partial charge on any atom is 0.262 e.